The standard InChI is InChI=1S/C10H15N3O4S.ClH/c1-8(15)12-9-2-4-10(5-3-9)18(16,17)13-11-6-7-14;/h2-5,11,13-14H,6-7H2,1H3,(H,12,15);1H. The Labute approximate surface area is 117 Å². The number of sulfonamides is 1. The third-order valence-electron chi connectivity index (χ3n) is 2.00. The largest absolute Gasteiger partial charge is 1.00 e. The Bertz CT molecular complexity index is 504. The predicted octanol–water partition coefficient (Wildman–Crippen LogP) is -4.60. The first-order valence-corrected chi connectivity index (χ1v) is 6.76. The number of amides is 1. The predicted molar refractivity (Wildman–Crippen MR) is 64.9 cm³/mol. The number of nitrogens with one attached hydrogen (secondary N) is 2. The van der Waals surface area contributed by atoms with Gasteiger partial charge in [-0.1, -0.05) is 4.83 Å². The summed E-state index contributed by atoms with van der Waals surface area (Å²) in [6, 6.07) is 5.78. The van der Waals surface area contributed by atoms with Crippen molar-refractivity contribution in [1.29, 1.82) is 0 Å². The number of quaternary nitrogens is 1. The summed E-state index contributed by atoms with van der Waals surface area (Å²) in [6.07, 6.45) is 0. The molecule has 0 aliphatic heterocycles. The summed E-state index contributed by atoms with van der Waals surface area (Å²) in [4.78, 5) is 13.1. The second-order valence-corrected chi connectivity index (χ2v) is 5.26. The van der Waals surface area contributed by atoms with Gasteiger partial charge in [-0.05, 0) is 24.3 Å². The van der Waals surface area contributed by atoms with Crippen LogP contribution < -0.4 is 28.0 Å². The van der Waals surface area contributed by atoms with Gasteiger partial charge in [0.2, 0.25) is 5.91 Å². The fourth-order valence-electron chi connectivity index (χ4n) is 1.22. The smallest absolute Gasteiger partial charge is 0.282 e. The molecule has 0 saturated carbocycles. The van der Waals surface area contributed by atoms with Crippen LogP contribution in [-0.4, -0.2) is 32.6 Å². The maximum atomic E-state index is 11.7. The molecule has 1 aromatic carbocycles. The molecule has 0 unspecified atom stereocenters. The summed E-state index contributed by atoms with van der Waals surface area (Å²) in [5.74, 6) is -0.222. The van der Waals surface area contributed by atoms with E-state index in [1.165, 1.54) is 36.6 Å². The van der Waals surface area contributed by atoms with E-state index in [0.717, 1.165) is 0 Å². The highest BCUT2D eigenvalue weighted by Gasteiger charge is 2.15. The van der Waals surface area contributed by atoms with Crippen molar-refractivity contribution in [2.24, 2.45) is 0 Å². The van der Waals surface area contributed by atoms with Crippen LogP contribution >= 0.6 is 0 Å². The number of benzene rings is 1. The van der Waals surface area contributed by atoms with E-state index in [4.69, 9.17) is 5.11 Å². The lowest BCUT2D eigenvalue weighted by molar-refractivity contribution is -0.691. The number of halogens is 1. The molecule has 19 heavy (non-hydrogen) atoms. The molecule has 0 aliphatic carbocycles. The van der Waals surface area contributed by atoms with E-state index in [2.05, 4.69) is 10.1 Å². The average Bonchev–Trinajstić information content (AvgIpc) is 2.29. The van der Waals surface area contributed by atoms with Gasteiger partial charge < -0.3 is 22.8 Å². The summed E-state index contributed by atoms with van der Waals surface area (Å²) >= 11 is 0. The van der Waals surface area contributed by atoms with Crippen LogP contribution in [0.5, 0.6) is 0 Å². The summed E-state index contributed by atoms with van der Waals surface area (Å²) in [7, 11) is -3.61. The van der Waals surface area contributed by atoms with Gasteiger partial charge in [-0.25, -0.2) is 8.42 Å². The molecule has 1 amide bonds. The van der Waals surface area contributed by atoms with Gasteiger partial charge >= 0.3 is 0 Å². The number of aliphatic hydroxyl groups is 1. The summed E-state index contributed by atoms with van der Waals surface area (Å²) in [6.45, 7) is 1.49. The lowest BCUT2D eigenvalue weighted by Gasteiger charge is -2.06. The molecule has 0 bridgehead atoms. The number of rotatable bonds is 6. The van der Waals surface area contributed by atoms with Crippen molar-refractivity contribution in [2.45, 2.75) is 11.8 Å². The lowest BCUT2D eigenvalue weighted by Crippen LogP contribution is -3.00. The summed E-state index contributed by atoms with van der Waals surface area (Å²) in [5, 5.41) is 11.1. The molecule has 0 aromatic heterocycles. The monoisotopic (exact) mass is 309 g/mol. The quantitative estimate of drug-likeness (QED) is 0.241. The fraction of sp³-hybridized carbons (Fsp3) is 0.300. The van der Waals surface area contributed by atoms with Crippen LogP contribution in [0.1, 0.15) is 6.92 Å². The number of hydrogen-bond acceptors (Lipinski definition) is 4. The number of aliphatic hydroxyl groups excluding tert-OH is 1. The van der Waals surface area contributed by atoms with E-state index in [1.54, 1.807) is 0 Å². The lowest BCUT2D eigenvalue weighted by atomic mass is 10.3. The van der Waals surface area contributed by atoms with Gasteiger partial charge in [-0.2, -0.15) is 0 Å². The van der Waals surface area contributed by atoms with Crippen molar-refractivity contribution in [3.63, 3.8) is 0 Å². The van der Waals surface area contributed by atoms with Crippen LogP contribution in [-0.2, 0) is 14.8 Å². The van der Waals surface area contributed by atoms with Gasteiger partial charge in [0.15, 0.2) is 0 Å². The van der Waals surface area contributed by atoms with Crippen LogP contribution in [0.3, 0.4) is 0 Å². The Balaban J connectivity index is 0.00000324. The Morgan fingerprint density at radius 2 is 1.89 bits per heavy atom. The zero-order valence-corrected chi connectivity index (χ0v) is 11.8. The zero-order chi connectivity index (χ0) is 13.6. The van der Waals surface area contributed by atoms with Crippen molar-refractivity contribution in [1.82, 2.24) is 4.83 Å². The van der Waals surface area contributed by atoms with Crippen molar-refractivity contribution < 1.29 is 36.2 Å². The number of carbonyl (C=O) groups is 1. The van der Waals surface area contributed by atoms with Crippen molar-refractivity contribution in [2.75, 3.05) is 18.5 Å². The van der Waals surface area contributed by atoms with Gasteiger partial charge in [0, 0.05) is 12.6 Å². The average molecular weight is 310 g/mol. The van der Waals surface area contributed by atoms with Crippen molar-refractivity contribution in [3.8, 4) is 0 Å². The fourth-order valence-corrected chi connectivity index (χ4v) is 2.19. The molecule has 1 aromatic rings. The molecule has 0 spiro atoms. The van der Waals surface area contributed by atoms with Gasteiger partial charge in [0.25, 0.3) is 10.0 Å². The van der Waals surface area contributed by atoms with Crippen molar-refractivity contribution in [3.05, 3.63) is 24.3 Å². The van der Waals surface area contributed by atoms with Crippen molar-refractivity contribution >= 4 is 21.6 Å². The molecular weight excluding hydrogens is 294 g/mol. The van der Waals surface area contributed by atoms with E-state index in [-0.39, 0.29) is 36.4 Å². The van der Waals surface area contributed by atoms with E-state index >= 15 is 0 Å². The third-order valence-corrected chi connectivity index (χ3v) is 3.37. The highest BCUT2D eigenvalue weighted by atomic mass is 35.5. The first-order chi connectivity index (χ1) is 8.45. The van der Waals surface area contributed by atoms with Gasteiger partial charge in [0.05, 0.1) is 11.5 Å². The van der Waals surface area contributed by atoms with Gasteiger partial charge in [0.1, 0.15) is 6.54 Å². The molecule has 7 nitrogen and oxygen atoms in total. The van der Waals surface area contributed by atoms with Crippen LogP contribution in [0, 0.1) is 0 Å². The number of anilines is 1. The topological polar surface area (TPSA) is 112 Å². The molecular formula is C10H16ClN3O4S. The normalized spacial score (nSPS) is 10.6. The number of carbonyl (C=O) groups excluding carboxylic acids is 1. The van der Waals surface area contributed by atoms with Crippen LogP contribution in [0.25, 0.3) is 0 Å². The second kappa shape index (κ2) is 8.08. The highest BCUT2D eigenvalue weighted by molar-refractivity contribution is 7.89. The zero-order valence-electron chi connectivity index (χ0n) is 10.3. The van der Waals surface area contributed by atoms with Crippen LogP contribution in [0.2, 0.25) is 0 Å². The Kier molecular flexibility index (Phi) is 7.57. The minimum atomic E-state index is -3.61. The van der Waals surface area contributed by atoms with Gasteiger partial charge in [-0.15, -0.1) is 0 Å². The third kappa shape index (κ3) is 5.99. The first-order valence-electron chi connectivity index (χ1n) is 5.28. The van der Waals surface area contributed by atoms with Gasteiger partial charge in [-0.3, -0.25) is 10.2 Å². The Morgan fingerprint density at radius 1 is 1.32 bits per heavy atom. The van der Waals surface area contributed by atoms with E-state index < -0.39 is 10.0 Å². The summed E-state index contributed by atoms with van der Waals surface area (Å²) in [5.41, 5.74) is 1.80. The summed E-state index contributed by atoms with van der Waals surface area (Å²) < 4.78 is 23.5. The maximum absolute atomic E-state index is 11.7. The van der Waals surface area contributed by atoms with Crippen LogP contribution in [0.4, 0.5) is 5.69 Å². The molecule has 0 heterocycles. The Morgan fingerprint density at radius 3 is 2.37 bits per heavy atom. The molecule has 108 valence electrons. The minimum absolute atomic E-state index is 0. The van der Waals surface area contributed by atoms with E-state index in [9.17, 15) is 13.2 Å². The van der Waals surface area contributed by atoms with Crippen LogP contribution in [0.15, 0.2) is 29.2 Å². The SMILES string of the molecule is CC(=O)Nc1ccc(S(=O)(=O)N[NH2+]CCO)cc1.[Cl-]. The van der Waals surface area contributed by atoms with E-state index in [0.29, 0.717) is 5.69 Å². The molecule has 0 fully saturated rings. The maximum Gasteiger partial charge on any atom is 0.282 e. The molecule has 0 atom stereocenters. The molecule has 0 radical (unpaired) electrons. The second-order valence-electron chi connectivity index (χ2n) is 3.54. The first kappa shape index (κ1) is 17.8. The molecule has 5 N–H and O–H groups in total. The molecule has 9 heteroatoms. The molecule has 0 aliphatic rings. The van der Waals surface area contributed by atoms with E-state index in [1.807, 2.05) is 0 Å². The molecule has 0 saturated heterocycles. The highest BCUT2D eigenvalue weighted by Crippen LogP contribution is 2.13. The number of nitrogens with two attached hydrogens (primary N) is 1. The molecule has 1 rings (SSSR count). The number of hydrogen-bond donors (Lipinski definition) is 4. The minimum Gasteiger partial charge on any atom is -1.00 e. The Hall–Kier alpha value is -1.19.